The standard InChI is InChI=1S/C27H30N2O6/c1-27(16-34-2,25(31)32)29-24(30)17-8-7-9-18(14-17)28-26(33)35-15-23-21-12-5-3-10-19(21)20-11-4-6-13-22(20)23/h3-7,9-13,17-18,23H,8,14-16H2,1-2H3,(H,28,33)(H,29,30)(H,31,32). The van der Waals surface area contributed by atoms with Gasteiger partial charge in [0.05, 0.1) is 12.6 Å². The van der Waals surface area contributed by atoms with Gasteiger partial charge < -0.3 is 25.2 Å². The molecule has 2 aromatic rings. The van der Waals surface area contributed by atoms with Crippen molar-refractivity contribution in [3.8, 4) is 11.1 Å². The summed E-state index contributed by atoms with van der Waals surface area (Å²) < 4.78 is 10.6. The topological polar surface area (TPSA) is 114 Å². The van der Waals surface area contributed by atoms with Crippen LogP contribution in [0.25, 0.3) is 11.1 Å². The molecular weight excluding hydrogens is 448 g/mol. The van der Waals surface area contributed by atoms with Crippen molar-refractivity contribution in [1.82, 2.24) is 10.6 Å². The van der Waals surface area contributed by atoms with Crippen LogP contribution in [-0.2, 0) is 19.1 Å². The van der Waals surface area contributed by atoms with Crippen molar-refractivity contribution < 1.29 is 29.0 Å². The molecule has 184 valence electrons. The molecule has 2 amide bonds. The summed E-state index contributed by atoms with van der Waals surface area (Å²) in [5.74, 6) is -2.08. The lowest BCUT2D eigenvalue weighted by Gasteiger charge is -2.30. The fourth-order valence-electron chi connectivity index (χ4n) is 4.81. The SMILES string of the molecule is COCC(C)(NC(=O)C1CC=CC(NC(=O)OCC2c3ccccc3-c3ccccc32)C1)C(=O)O. The molecule has 0 heterocycles. The molecule has 3 unspecified atom stereocenters. The van der Waals surface area contributed by atoms with Crippen molar-refractivity contribution >= 4 is 18.0 Å². The Bertz CT molecular complexity index is 1100. The number of hydrogen-bond donors (Lipinski definition) is 3. The molecule has 0 saturated carbocycles. The highest BCUT2D eigenvalue weighted by Gasteiger charge is 2.37. The summed E-state index contributed by atoms with van der Waals surface area (Å²) in [6.07, 6.45) is 3.89. The number of allylic oxidation sites excluding steroid dienone is 1. The van der Waals surface area contributed by atoms with Crippen molar-refractivity contribution in [3.05, 3.63) is 71.8 Å². The minimum absolute atomic E-state index is 0.0388. The number of ether oxygens (including phenoxy) is 2. The fourth-order valence-corrected chi connectivity index (χ4v) is 4.81. The van der Waals surface area contributed by atoms with Crippen LogP contribution in [0, 0.1) is 5.92 Å². The van der Waals surface area contributed by atoms with E-state index in [1.165, 1.54) is 14.0 Å². The Kier molecular flexibility index (Phi) is 7.21. The van der Waals surface area contributed by atoms with Crippen LogP contribution in [0.15, 0.2) is 60.7 Å². The number of methoxy groups -OCH3 is 1. The molecule has 0 aliphatic heterocycles. The van der Waals surface area contributed by atoms with E-state index in [0.717, 1.165) is 22.3 Å². The molecule has 0 spiro atoms. The molecule has 0 radical (unpaired) electrons. The number of benzene rings is 2. The minimum Gasteiger partial charge on any atom is -0.479 e. The third kappa shape index (κ3) is 5.22. The highest BCUT2D eigenvalue weighted by Crippen LogP contribution is 2.44. The van der Waals surface area contributed by atoms with Crippen LogP contribution < -0.4 is 10.6 Å². The Morgan fingerprint density at radius 2 is 1.69 bits per heavy atom. The van der Waals surface area contributed by atoms with Gasteiger partial charge in [-0.25, -0.2) is 9.59 Å². The molecule has 3 N–H and O–H groups in total. The monoisotopic (exact) mass is 478 g/mol. The molecule has 3 atom stereocenters. The third-order valence-electron chi connectivity index (χ3n) is 6.65. The summed E-state index contributed by atoms with van der Waals surface area (Å²) in [7, 11) is 1.38. The highest BCUT2D eigenvalue weighted by molar-refractivity contribution is 5.88. The summed E-state index contributed by atoms with van der Waals surface area (Å²) in [4.78, 5) is 37.0. The first-order valence-corrected chi connectivity index (χ1v) is 11.6. The number of nitrogens with one attached hydrogen (secondary N) is 2. The van der Waals surface area contributed by atoms with E-state index in [4.69, 9.17) is 9.47 Å². The zero-order valence-electron chi connectivity index (χ0n) is 19.8. The summed E-state index contributed by atoms with van der Waals surface area (Å²) in [6.45, 7) is 1.45. The van der Waals surface area contributed by atoms with Crippen molar-refractivity contribution in [2.24, 2.45) is 5.92 Å². The second kappa shape index (κ2) is 10.3. The summed E-state index contributed by atoms with van der Waals surface area (Å²) in [5.41, 5.74) is 3.05. The Morgan fingerprint density at radius 3 is 2.29 bits per heavy atom. The fraction of sp³-hybridized carbons (Fsp3) is 0.370. The molecule has 35 heavy (non-hydrogen) atoms. The maximum Gasteiger partial charge on any atom is 0.407 e. The maximum absolute atomic E-state index is 12.7. The first-order chi connectivity index (χ1) is 16.8. The van der Waals surface area contributed by atoms with Crippen molar-refractivity contribution in [2.75, 3.05) is 20.3 Å². The normalized spacial score (nSPS) is 20.3. The molecule has 2 aromatic carbocycles. The van der Waals surface area contributed by atoms with E-state index < -0.39 is 35.5 Å². The van der Waals surface area contributed by atoms with Crippen LogP contribution in [0.3, 0.4) is 0 Å². The number of fused-ring (bicyclic) bond motifs is 3. The van der Waals surface area contributed by atoms with Gasteiger partial charge in [0.15, 0.2) is 5.54 Å². The highest BCUT2D eigenvalue weighted by atomic mass is 16.5. The first kappa shape index (κ1) is 24.5. The number of carboxylic acid groups (broad SMARTS) is 1. The number of carbonyl (C=O) groups excluding carboxylic acids is 2. The zero-order chi connectivity index (χ0) is 25.0. The molecule has 2 aliphatic rings. The van der Waals surface area contributed by atoms with Crippen LogP contribution in [0.4, 0.5) is 4.79 Å². The number of rotatable bonds is 8. The van der Waals surface area contributed by atoms with Crippen molar-refractivity contribution in [1.29, 1.82) is 0 Å². The van der Waals surface area contributed by atoms with Crippen molar-refractivity contribution in [2.45, 2.75) is 37.3 Å². The molecule has 0 saturated heterocycles. The number of carboxylic acids is 1. The lowest BCUT2D eigenvalue weighted by Crippen LogP contribution is -2.57. The van der Waals surface area contributed by atoms with Crippen LogP contribution in [0.5, 0.6) is 0 Å². The average molecular weight is 479 g/mol. The van der Waals surface area contributed by atoms with E-state index in [0.29, 0.717) is 12.8 Å². The van der Waals surface area contributed by atoms with Crippen LogP contribution in [-0.4, -0.2) is 55.0 Å². The maximum atomic E-state index is 12.7. The third-order valence-corrected chi connectivity index (χ3v) is 6.65. The minimum atomic E-state index is -1.53. The van der Waals surface area contributed by atoms with Crippen LogP contribution in [0.1, 0.15) is 36.8 Å². The van der Waals surface area contributed by atoms with Gasteiger partial charge in [0, 0.05) is 18.9 Å². The van der Waals surface area contributed by atoms with E-state index in [9.17, 15) is 19.5 Å². The molecule has 0 bridgehead atoms. The summed E-state index contributed by atoms with van der Waals surface area (Å²) in [6, 6.07) is 15.8. The average Bonchev–Trinajstić information content (AvgIpc) is 3.16. The molecule has 4 rings (SSSR count). The van der Waals surface area contributed by atoms with E-state index >= 15 is 0 Å². The van der Waals surface area contributed by atoms with Gasteiger partial charge in [0.1, 0.15) is 6.61 Å². The zero-order valence-corrected chi connectivity index (χ0v) is 19.8. The van der Waals surface area contributed by atoms with Gasteiger partial charge in [0.25, 0.3) is 0 Å². The Labute approximate surface area is 204 Å². The number of aliphatic carboxylic acids is 1. The van der Waals surface area contributed by atoms with Gasteiger partial charge >= 0.3 is 12.1 Å². The molecular formula is C27H30N2O6. The lowest BCUT2D eigenvalue weighted by molar-refractivity contribution is -0.150. The summed E-state index contributed by atoms with van der Waals surface area (Å²) in [5, 5.41) is 14.9. The van der Waals surface area contributed by atoms with E-state index in [1.54, 1.807) is 0 Å². The predicted molar refractivity (Wildman–Crippen MR) is 130 cm³/mol. The summed E-state index contributed by atoms with van der Waals surface area (Å²) >= 11 is 0. The van der Waals surface area contributed by atoms with E-state index in [1.807, 2.05) is 36.4 Å². The van der Waals surface area contributed by atoms with E-state index in [2.05, 4.69) is 34.9 Å². The second-order valence-electron chi connectivity index (χ2n) is 9.23. The van der Waals surface area contributed by atoms with E-state index in [-0.39, 0.29) is 19.1 Å². The van der Waals surface area contributed by atoms with Gasteiger partial charge in [-0.2, -0.15) is 0 Å². The Hall–Kier alpha value is -3.65. The number of amides is 2. The Balaban J connectivity index is 1.34. The lowest BCUT2D eigenvalue weighted by atomic mass is 9.89. The van der Waals surface area contributed by atoms with Gasteiger partial charge in [-0.05, 0) is 42.0 Å². The van der Waals surface area contributed by atoms with Crippen LogP contribution in [0.2, 0.25) is 0 Å². The van der Waals surface area contributed by atoms with Crippen molar-refractivity contribution in [3.63, 3.8) is 0 Å². The quantitative estimate of drug-likeness (QED) is 0.501. The second-order valence-corrected chi connectivity index (χ2v) is 9.23. The largest absolute Gasteiger partial charge is 0.479 e. The number of hydrogen-bond acceptors (Lipinski definition) is 5. The Morgan fingerprint density at radius 1 is 1.06 bits per heavy atom. The smallest absolute Gasteiger partial charge is 0.407 e. The number of alkyl carbamates (subject to hydrolysis) is 1. The van der Waals surface area contributed by atoms with Gasteiger partial charge in [-0.15, -0.1) is 0 Å². The van der Waals surface area contributed by atoms with Gasteiger partial charge in [-0.3, -0.25) is 4.79 Å². The van der Waals surface area contributed by atoms with Crippen LogP contribution >= 0.6 is 0 Å². The molecule has 0 fully saturated rings. The molecule has 8 heteroatoms. The predicted octanol–water partition coefficient (Wildman–Crippen LogP) is 3.47. The molecule has 2 aliphatic carbocycles. The molecule has 8 nitrogen and oxygen atoms in total. The first-order valence-electron chi connectivity index (χ1n) is 11.6. The van der Waals surface area contributed by atoms with Gasteiger partial charge in [0.2, 0.25) is 5.91 Å². The molecule has 0 aromatic heterocycles. The number of carbonyl (C=O) groups is 3. The van der Waals surface area contributed by atoms with Gasteiger partial charge in [-0.1, -0.05) is 60.7 Å².